The number of fused-ring (bicyclic) bond motifs is 2. The van der Waals surface area contributed by atoms with Gasteiger partial charge in [0.15, 0.2) is 5.65 Å². The first-order chi connectivity index (χ1) is 13.5. The number of pyridine rings is 1. The zero-order valence-corrected chi connectivity index (χ0v) is 16.3. The number of aromatic nitrogens is 3. The second-order valence-electron chi connectivity index (χ2n) is 8.20. The molecule has 1 saturated carbocycles. The van der Waals surface area contributed by atoms with Gasteiger partial charge in [-0.15, -0.1) is 0 Å². The molecule has 6 nitrogen and oxygen atoms in total. The van der Waals surface area contributed by atoms with Gasteiger partial charge in [-0.25, -0.2) is 4.98 Å². The lowest BCUT2D eigenvalue weighted by molar-refractivity contribution is 0.0781. The van der Waals surface area contributed by atoms with Crippen molar-refractivity contribution in [1.82, 2.24) is 19.7 Å². The third kappa shape index (κ3) is 2.63. The minimum absolute atomic E-state index is 0.0716. The molecule has 28 heavy (non-hydrogen) atoms. The Morgan fingerprint density at radius 1 is 1.18 bits per heavy atom. The van der Waals surface area contributed by atoms with Crippen molar-refractivity contribution in [3.05, 3.63) is 47.7 Å². The molecule has 3 unspecified atom stereocenters. The van der Waals surface area contributed by atoms with Crippen LogP contribution in [0.4, 0.5) is 0 Å². The molecule has 2 fully saturated rings. The highest BCUT2D eigenvalue weighted by atomic mass is 16.2. The van der Waals surface area contributed by atoms with Crippen LogP contribution in [-0.4, -0.2) is 44.7 Å². The Hall–Kier alpha value is -2.73. The van der Waals surface area contributed by atoms with Gasteiger partial charge in [-0.1, -0.05) is 30.3 Å². The highest BCUT2D eigenvalue weighted by Crippen LogP contribution is 2.38. The number of benzene rings is 1. The molecule has 3 aromatic rings. The average Bonchev–Trinajstić information content (AvgIpc) is 3.36. The topological polar surface area (TPSA) is 77.0 Å². The van der Waals surface area contributed by atoms with E-state index in [1.807, 2.05) is 55.3 Å². The fourth-order valence-electron chi connectivity index (χ4n) is 5.01. The van der Waals surface area contributed by atoms with Crippen LogP contribution in [0.5, 0.6) is 0 Å². The molecule has 144 valence electrons. The molecule has 0 radical (unpaired) electrons. The number of hydrogen-bond donors (Lipinski definition) is 1. The predicted molar refractivity (Wildman–Crippen MR) is 109 cm³/mol. The fraction of sp³-hybridized carbons (Fsp3) is 0.409. The number of carbonyl (C=O) groups excluding carboxylic acids is 1. The number of hydrogen-bond acceptors (Lipinski definition) is 4. The van der Waals surface area contributed by atoms with Gasteiger partial charge in [-0.3, -0.25) is 9.48 Å². The molecule has 2 aromatic heterocycles. The van der Waals surface area contributed by atoms with Crippen LogP contribution in [0.2, 0.25) is 0 Å². The molecule has 2 aliphatic rings. The highest BCUT2D eigenvalue weighted by molar-refractivity contribution is 6.07. The SMILES string of the molecule is Cc1nn(C)c2nc(-c3ccccc3)cc(C(=O)N3CC4CCC(N)C4C3)c12. The van der Waals surface area contributed by atoms with Crippen molar-refractivity contribution >= 4 is 16.9 Å². The molecule has 1 aliphatic carbocycles. The molecule has 3 atom stereocenters. The van der Waals surface area contributed by atoms with Crippen LogP contribution in [0.25, 0.3) is 22.3 Å². The third-order valence-corrected chi connectivity index (χ3v) is 6.47. The van der Waals surface area contributed by atoms with E-state index in [9.17, 15) is 4.79 Å². The molecule has 5 rings (SSSR count). The van der Waals surface area contributed by atoms with Gasteiger partial charge in [0.05, 0.1) is 22.3 Å². The lowest BCUT2D eigenvalue weighted by Gasteiger charge is -2.20. The van der Waals surface area contributed by atoms with Crippen molar-refractivity contribution in [2.24, 2.45) is 24.6 Å². The van der Waals surface area contributed by atoms with E-state index in [1.54, 1.807) is 4.68 Å². The number of rotatable bonds is 2. The van der Waals surface area contributed by atoms with Gasteiger partial charge < -0.3 is 10.6 Å². The monoisotopic (exact) mass is 375 g/mol. The zero-order valence-electron chi connectivity index (χ0n) is 16.3. The quantitative estimate of drug-likeness (QED) is 0.747. The number of carbonyl (C=O) groups is 1. The summed E-state index contributed by atoms with van der Waals surface area (Å²) in [6.07, 6.45) is 2.21. The molecular formula is C22H25N5O. The first-order valence-electron chi connectivity index (χ1n) is 9.97. The molecule has 1 aromatic carbocycles. The normalized spacial score (nSPS) is 24.1. The van der Waals surface area contributed by atoms with E-state index >= 15 is 0 Å². The standard InChI is InChI=1S/C22H25N5O/c1-13-20-16(22(28)27-11-15-8-9-18(23)17(15)12-27)10-19(14-6-4-3-5-7-14)24-21(20)26(2)25-13/h3-7,10,15,17-18H,8-9,11-12,23H2,1-2H3. The van der Waals surface area contributed by atoms with Gasteiger partial charge in [-0.2, -0.15) is 5.10 Å². The molecule has 3 heterocycles. The number of nitrogens with zero attached hydrogens (tertiary/aromatic N) is 4. The lowest BCUT2D eigenvalue weighted by atomic mass is 9.98. The smallest absolute Gasteiger partial charge is 0.254 e. The van der Waals surface area contributed by atoms with Crippen LogP contribution in [0.1, 0.15) is 28.9 Å². The summed E-state index contributed by atoms with van der Waals surface area (Å²) in [4.78, 5) is 20.4. The van der Waals surface area contributed by atoms with E-state index in [4.69, 9.17) is 10.7 Å². The van der Waals surface area contributed by atoms with Crippen LogP contribution in [-0.2, 0) is 7.05 Å². The van der Waals surface area contributed by atoms with Gasteiger partial charge in [0.2, 0.25) is 0 Å². The maximum absolute atomic E-state index is 13.6. The van der Waals surface area contributed by atoms with Crippen LogP contribution in [0.3, 0.4) is 0 Å². The van der Waals surface area contributed by atoms with Crippen LogP contribution >= 0.6 is 0 Å². The van der Waals surface area contributed by atoms with Crippen molar-refractivity contribution in [3.63, 3.8) is 0 Å². The van der Waals surface area contributed by atoms with Crippen molar-refractivity contribution < 1.29 is 4.79 Å². The average molecular weight is 375 g/mol. The van der Waals surface area contributed by atoms with Crippen LogP contribution in [0, 0.1) is 18.8 Å². The summed E-state index contributed by atoms with van der Waals surface area (Å²) < 4.78 is 1.77. The molecule has 0 spiro atoms. The fourth-order valence-corrected chi connectivity index (χ4v) is 5.01. The molecule has 2 N–H and O–H groups in total. The lowest BCUT2D eigenvalue weighted by Crippen LogP contribution is -2.33. The van der Waals surface area contributed by atoms with Crippen LogP contribution in [0.15, 0.2) is 36.4 Å². The maximum Gasteiger partial charge on any atom is 0.254 e. The Bertz CT molecular complexity index is 1060. The van der Waals surface area contributed by atoms with Gasteiger partial charge in [0.1, 0.15) is 0 Å². The predicted octanol–water partition coefficient (Wildman–Crippen LogP) is 2.75. The Labute approximate surface area is 164 Å². The Kier molecular flexibility index (Phi) is 3.98. The van der Waals surface area contributed by atoms with Gasteiger partial charge in [0, 0.05) is 31.7 Å². The minimum atomic E-state index is 0.0716. The second-order valence-corrected chi connectivity index (χ2v) is 8.20. The first kappa shape index (κ1) is 17.4. The largest absolute Gasteiger partial charge is 0.338 e. The second kappa shape index (κ2) is 6.41. The molecule has 1 aliphatic heterocycles. The molecule has 0 bridgehead atoms. The van der Waals surface area contributed by atoms with Gasteiger partial charge >= 0.3 is 0 Å². The first-order valence-corrected chi connectivity index (χ1v) is 9.97. The van der Waals surface area contributed by atoms with E-state index in [-0.39, 0.29) is 11.9 Å². The number of nitrogens with two attached hydrogens (primary N) is 1. The number of amides is 1. The Morgan fingerprint density at radius 2 is 1.96 bits per heavy atom. The summed E-state index contributed by atoms with van der Waals surface area (Å²) in [5, 5.41) is 5.38. The molecule has 1 amide bonds. The van der Waals surface area contributed by atoms with Crippen molar-refractivity contribution in [2.75, 3.05) is 13.1 Å². The molecular weight excluding hydrogens is 350 g/mol. The van der Waals surface area contributed by atoms with Crippen LogP contribution < -0.4 is 5.73 Å². The summed E-state index contributed by atoms with van der Waals surface area (Å²) in [7, 11) is 1.88. The summed E-state index contributed by atoms with van der Waals surface area (Å²) in [5.74, 6) is 1.05. The maximum atomic E-state index is 13.6. The van der Waals surface area contributed by atoms with Crippen molar-refractivity contribution in [1.29, 1.82) is 0 Å². The molecule has 1 saturated heterocycles. The van der Waals surface area contributed by atoms with E-state index < -0.39 is 0 Å². The summed E-state index contributed by atoms with van der Waals surface area (Å²) >= 11 is 0. The van der Waals surface area contributed by atoms with Crippen molar-refractivity contribution in [3.8, 4) is 11.3 Å². The summed E-state index contributed by atoms with van der Waals surface area (Å²) in [5.41, 5.74) is 10.4. The van der Waals surface area contributed by atoms with E-state index in [2.05, 4.69) is 5.10 Å². The summed E-state index contributed by atoms with van der Waals surface area (Å²) in [6.45, 7) is 3.51. The van der Waals surface area contributed by atoms with Gasteiger partial charge in [0.25, 0.3) is 5.91 Å². The van der Waals surface area contributed by atoms with Crippen molar-refractivity contribution in [2.45, 2.75) is 25.8 Å². The third-order valence-electron chi connectivity index (χ3n) is 6.47. The van der Waals surface area contributed by atoms with E-state index in [0.717, 1.165) is 53.9 Å². The summed E-state index contributed by atoms with van der Waals surface area (Å²) in [6, 6.07) is 12.1. The van der Waals surface area contributed by atoms with E-state index in [0.29, 0.717) is 17.4 Å². The number of aryl methyl sites for hydroxylation is 2. The Balaban J connectivity index is 1.61. The molecule has 6 heteroatoms. The highest BCUT2D eigenvalue weighted by Gasteiger charge is 2.43. The zero-order chi connectivity index (χ0) is 19.4. The number of likely N-dealkylation sites (tertiary alicyclic amines) is 1. The Morgan fingerprint density at radius 3 is 2.71 bits per heavy atom. The minimum Gasteiger partial charge on any atom is -0.338 e. The van der Waals surface area contributed by atoms with E-state index in [1.165, 1.54) is 0 Å². The van der Waals surface area contributed by atoms with Gasteiger partial charge in [-0.05, 0) is 37.7 Å².